The highest BCUT2D eigenvalue weighted by atomic mass is 35.5. The van der Waals surface area contributed by atoms with Gasteiger partial charge in [-0.1, -0.05) is 23.7 Å². The second-order valence-corrected chi connectivity index (χ2v) is 9.72. The van der Waals surface area contributed by atoms with Gasteiger partial charge in [0, 0.05) is 30.4 Å². The molecule has 1 amide bonds. The third-order valence-electron chi connectivity index (χ3n) is 3.17. The summed E-state index contributed by atoms with van der Waals surface area (Å²) in [5.74, 6) is -0.00763. The third-order valence-corrected chi connectivity index (χ3v) is 4.38. The van der Waals surface area contributed by atoms with Crippen molar-refractivity contribution >= 4 is 27.5 Å². The molecule has 0 aliphatic carbocycles. The molecule has 0 radical (unpaired) electrons. The number of carbonyl (C=O) groups is 1. The predicted molar refractivity (Wildman–Crippen MR) is 101 cm³/mol. The fourth-order valence-corrected chi connectivity index (χ4v) is 3.02. The van der Waals surface area contributed by atoms with Gasteiger partial charge in [-0.25, -0.2) is 13.2 Å². The Morgan fingerprint density at radius 3 is 2.56 bits per heavy atom. The molecule has 0 aromatic heterocycles. The minimum Gasteiger partial charge on any atom is -0.444 e. The lowest BCUT2D eigenvalue weighted by atomic mass is 10.2. The molecule has 0 spiro atoms. The summed E-state index contributed by atoms with van der Waals surface area (Å²) >= 11 is 5.95. The van der Waals surface area contributed by atoms with E-state index >= 15 is 0 Å². The number of amides is 1. The van der Waals surface area contributed by atoms with Crippen LogP contribution in [0.4, 0.5) is 4.79 Å². The monoisotopic (exact) mass is 390 g/mol. The summed E-state index contributed by atoms with van der Waals surface area (Å²) in [4.78, 5) is 11.9. The van der Waals surface area contributed by atoms with E-state index in [-0.39, 0.29) is 11.8 Å². The summed E-state index contributed by atoms with van der Waals surface area (Å²) in [6.45, 7) is 6.30. The second-order valence-electron chi connectivity index (χ2n) is 7.02. The Labute approximate surface area is 155 Å². The Balaban J connectivity index is 2.59. The molecule has 0 aliphatic heterocycles. The van der Waals surface area contributed by atoms with Crippen molar-refractivity contribution in [1.29, 1.82) is 0 Å². The number of ether oxygens (including phenoxy) is 1. The van der Waals surface area contributed by atoms with E-state index in [2.05, 4.69) is 10.6 Å². The average Bonchev–Trinajstić information content (AvgIpc) is 2.41. The van der Waals surface area contributed by atoms with Gasteiger partial charge < -0.3 is 15.4 Å². The lowest BCUT2D eigenvalue weighted by molar-refractivity contribution is 0.0502. The van der Waals surface area contributed by atoms with Crippen molar-refractivity contribution < 1.29 is 17.9 Å². The molecule has 1 rings (SSSR count). The van der Waals surface area contributed by atoms with Crippen LogP contribution < -0.4 is 10.6 Å². The first kappa shape index (κ1) is 21.7. The standard InChI is InChI=1S/C17H27ClN2O4S/c1-17(2,3)24-16(21)20-15(8-9-25(4,22)23)12-19-11-13-6-5-7-14(18)10-13/h5-7,10,15,19H,8-9,11-12H2,1-4H3,(H,20,21). The number of hydrogen-bond donors (Lipinski definition) is 2. The number of benzene rings is 1. The van der Waals surface area contributed by atoms with Gasteiger partial charge in [0.2, 0.25) is 0 Å². The Kier molecular flexibility index (Phi) is 8.18. The third kappa shape index (κ3) is 11.0. The first-order chi connectivity index (χ1) is 11.4. The molecule has 0 bridgehead atoms. The first-order valence-corrected chi connectivity index (χ1v) is 10.5. The lowest BCUT2D eigenvalue weighted by Gasteiger charge is -2.24. The quantitative estimate of drug-likeness (QED) is 0.712. The normalized spacial score (nSPS) is 13.3. The van der Waals surface area contributed by atoms with E-state index in [1.807, 2.05) is 18.2 Å². The van der Waals surface area contributed by atoms with Gasteiger partial charge in [-0.3, -0.25) is 0 Å². The van der Waals surface area contributed by atoms with Crippen LogP contribution in [0.2, 0.25) is 5.02 Å². The van der Waals surface area contributed by atoms with Crippen LogP contribution in [0.25, 0.3) is 0 Å². The number of hydrogen-bond acceptors (Lipinski definition) is 5. The molecule has 142 valence electrons. The molecule has 8 heteroatoms. The van der Waals surface area contributed by atoms with E-state index in [0.29, 0.717) is 24.5 Å². The molecule has 1 aromatic rings. The second kappa shape index (κ2) is 9.40. The number of nitrogens with one attached hydrogen (secondary N) is 2. The number of halogens is 1. The number of rotatable bonds is 8. The van der Waals surface area contributed by atoms with Gasteiger partial charge in [0.25, 0.3) is 0 Å². The Hall–Kier alpha value is -1.31. The van der Waals surface area contributed by atoms with E-state index in [4.69, 9.17) is 16.3 Å². The van der Waals surface area contributed by atoms with Crippen molar-refractivity contribution in [2.45, 2.75) is 45.4 Å². The van der Waals surface area contributed by atoms with Gasteiger partial charge in [-0.05, 0) is 44.9 Å². The van der Waals surface area contributed by atoms with Crippen molar-refractivity contribution in [3.8, 4) is 0 Å². The van der Waals surface area contributed by atoms with Gasteiger partial charge in [0.05, 0.1) is 5.75 Å². The molecule has 6 nitrogen and oxygen atoms in total. The molecule has 2 N–H and O–H groups in total. The van der Waals surface area contributed by atoms with Crippen LogP contribution in [0.5, 0.6) is 0 Å². The van der Waals surface area contributed by atoms with Crippen LogP contribution in [0.3, 0.4) is 0 Å². The molecule has 1 unspecified atom stereocenters. The zero-order chi connectivity index (χ0) is 19.1. The van der Waals surface area contributed by atoms with Gasteiger partial charge in [-0.2, -0.15) is 0 Å². The number of carbonyl (C=O) groups excluding carboxylic acids is 1. The van der Waals surface area contributed by atoms with E-state index in [0.717, 1.165) is 5.56 Å². The molecule has 0 heterocycles. The predicted octanol–water partition coefficient (Wildman–Crippen LogP) is 2.76. The van der Waals surface area contributed by atoms with Crippen LogP contribution in [0.15, 0.2) is 24.3 Å². The first-order valence-electron chi connectivity index (χ1n) is 8.07. The topological polar surface area (TPSA) is 84.5 Å². The minimum atomic E-state index is -3.11. The maximum absolute atomic E-state index is 11.9. The van der Waals surface area contributed by atoms with Crippen LogP contribution in [0.1, 0.15) is 32.8 Å². The van der Waals surface area contributed by atoms with Crippen LogP contribution >= 0.6 is 11.6 Å². The van der Waals surface area contributed by atoms with E-state index in [1.54, 1.807) is 26.8 Å². The fraction of sp³-hybridized carbons (Fsp3) is 0.588. The smallest absolute Gasteiger partial charge is 0.407 e. The van der Waals surface area contributed by atoms with Crippen molar-refractivity contribution in [3.05, 3.63) is 34.9 Å². The molecule has 0 fully saturated rings. The molecule has 0 saturated heterocycles. The van der Waals surface area contributed by atoms with E-state index in [9.17, 15) is 13.2 Å². The summed E-state index contributed by atoms with van der Waals surface area (Å²) in [6, 6.07) is 7.08. The van der Waals surface area contributed by atoms with E-state index in [1.165, 1.54) is 6.26 Å². The zero-order valence-electron chi connectivity index (χ0n) is 15.1. The van der Waals surface area contributed by atoms with Gasteiger partial charge >= 0.3 is 6.09 Å². The highest BCUT2D eigenvalue weighted by molar-refractivity contribution is 7.90. The maximum Gasteiger partial charge on any atom is 0.407 e. The lowest BCUT2D eigenvalue weighted by Crippen LogP contribution is -2.45. The zero-order valence-corrected chi connectivity index (χ0v) is 16.7. The summed E-state index contributed by atoms with van der Waals surface area (Å²) in [5, 5.41) is 6.59. The molecular weight excluding hydrogens is 364 g/mol. The summed E-state index contributed by atoms with van der Waals surface area (Å²) in [7, 11) is -3.11. The Morgan fingerprint density at radius 2 is 2.00 bits per heavy atom. The molecule has 1 atom stereocenters. The molecule has 1 aromatic carbocycles. The number of sulfone groups is 1. The maximum atomic E-state index is 11.9. The molecule has 0 aliphatic rings. The summed E-state index contributed by atoms with van der Waals surface area (Å²) < 4.78 is 28.0. The van der Waals surface area contributed by atoms with Gasteiger partial charge in [0.15, 0.2) is 0 Å². The Morgan fingerprint density at radius 1 is 1.32 bits per heavy atom. The van der Waals surface area contributed by atoms with Crippen LogP contribution in [-0.4, -0.2) is 44.7 Å². The van der Waals surface area contributed by atoms with Crippen molar-refractivity contribution in [2.75, 3.05) is 18.6 Å². The SMILES string of the molecule is CC(C)(C)OC(=O)NC(CCS(C)(=O)=O)CNCc1cccc(Cl)c1. The van der Waals surface area contributed by atoms with Gasteiger partial charge in [0.1, 0.15) is 15.4 Å². The van der Waals surface area contributed by atoms with E-state index < -0.39 is 21.5 Å². The minimum absolute atomic E-state index is 0.00763. The van der Waals surface area contributed by atoms with Crippen molar-refractivity contribution in [3.63, 3.8) is 0 Å². The number of alkyl carbamates (subject to hydrolysis) is 1. The van der Waals surface area contributed by atoms with Crippen LogP contribution in [-0.2, 0) is 21.1 Å². The summed E-state index contributed by atoms with van der Waals surface area (Å²) in [6.07, 6.45) is 0.924. The van der Waals surface area contributed by atoms with Crippen LogP contribution in [0, 0.1) is 0 Å². The van der Waals surface area contributed by atoms with Crippen molar-refractivity contribution in [1.82, 2.24) is 10.6 Å². The molecule has 25 heavy (non-hydrogen) atoms. The molecular formula is C17H27ClN2O4S. The van der Waals surface area contributed by atoms with Gasteiger partial charge in [-0.15, -0.1) is 0 Å². The highest BCUT2D eigenvalue weighted by Gasteiger charge is 2.20. The van der Waals surface area contributed by atoms with Crippen molar-refractivity contribution in [2.24, 2.45) is 0 Å². The fourth-order valence-electron chi connectivity index (χ4n) is 2.09. The molecule has 0 saturated carbocycles. The largest absolute Gasteiger partial charge is 0.444 e. The Bertz CT molecular complexity index is 671. The summed E-state index contributed by atoms with van der Waals surface area (Å²) in [5.41, 5.74) is 0.395. The average molecular weight is 391 g/mol. The highest BCUT2D eigenvalue weighted by Crippen LogP contribution is 2.10.